The second-order valence-electron chi connectivity index (χ2n) is 5.56. The first-order chi connectivity index (χ1) is 10.8. The van der Waals surface area contributed by atoms with E-state index in [0.29, 0.717) is 11.7 Å². The first kappa shape index (κ1) is 20.9. The van der Waals surface area contributed by atoms with Crippen LogP contribution in [0.15, 0.2) is 39.9 Å². The van der Waals surface area contributed by atoms with Crippen LogP contribution in [-0.4, -0.2) is 22.1 Å². The minimum Gasteiger partial charge on any atom is -0.494 e. The number of benzene rings is 1. The summed E-state index contributed by atoms with van der Waals surface area (Å²) in [6, 6.07) is 9.16. The van der Waals surface area contributed by atoms with Crippen molar-refractivity contribution in [2.45, 2.75) is 30.0 Å². The van der Waals surface area contributed by atoms with Gasteiger partial charge in [-0.05, 0) is 28.5 Å². The van der Waals surface area contributed by atoms with Crippen LogP contribution in [0.3, 0.4) is 0 Å². The second kappa shape index (κ2) is 8.82. The number of nitrogens with one attached hydrogen (secondary N) is 1. The third-order valence-electron chi connectivity index (χ3n) is 3.58. The monoisotopic (exact) mass is 390 g/mol. The molecule has 1 unspecified atom stereocenters. The number of sulfonamides is 1. The number of ether oxygens (including phenoxy) is 1. The molecule has 2 rings (SSSR count). The van der Waals surface area contributed by atoms with Crippen molar-refractivity contribution < 1.29 is 13.2 Å². The number of halogens is 1. The van der Waals surface area contributed by atoms with E-state index in [0.717, 1.165) is 16.9 Å². The molecular formula is C16H23ClN2O3S2. The molecular weight excluding hydrogens is 368 g/mol. The maximum atomic E-state index is 12.3. The normalized spacial score (nSPS) is 12.7. The third kappa shape index (κ3) is 4.94. The Bertz CT molecular complexity index is 743. The van der Waals surface area contributed by atoms with Gasteiger partial charge in [-0.25, -0.2) is 13.1 Å². The second-order valence-corrected chi connectivity index (χ2v) is 8.43. The molecule has 0 saturated heterocycles. The van der Waals surface area contributed by atoms with E-state index in [2.05, 4.69) is 18.6 Å². The zero-order valence-electron chi connectivity index (χ0n) is 13.9. The minimum atomic E-state index is -3.62. The summed E-state index contributed by atoms with van der Waals surface area (Å²) in [4.78, 5) is 0. The lowest BCUT2D eigenvalue weighted by molar-refractivity contribution is 0.406. The fourth-order valence-corrected chi connectivity index (χ4v) is 4.52. The molecule has 24 heavy (non-hydrogen) atoms. The molecule has 1 aromatic carbocycles. The molecule has 0 amide bonds. The summed E-state index contributed by atoms with van der Waals surface area (Å²) in [7, 11) is -2.17. The van der Waals surface area contributed by atoms with Crippen LogP contribution >= 0.6 is 23.7 Å². The fraction of sp³-hybridized carbons (Fsp3) is 0.375. The summed E-state index contributed by atoms with van der Waals surface area (Å²) in [5, 5.41) is 1.68. The Hall–Kier alpha value is -1.12. The quantitative estimate of drug-likeness (QED) is 0.760. The van der Waals surface area contributed by atoms with Gasteiger partial charge in [-0.3, -0.25) is 0 Å². The van der Waals surface area contributed by atoms with Crippen LogP contribution in [-0.2, 0) is 10.0 Å². The summed E-state index contributed by atoms with van der Waals surface area (Å²) >= 11 is 1.12. The number of rotatable bonds is 7. The highest BCUT2D eigenvalue weighted by molar-refractivity contribution is 7.91. The predicted molar refractivity (Wildman–Crippen MR) is 101 cm³/mol. The minimum absolute atomic E-state index is 0. The lowest BCUT2D eigenvalue weighted by atomic mass is 9.99. The van der Waals surface area contributed by atoms with Crippen LogP contribution < -0.4 is 15.2 Å². The van der Waals surface area contributed by atoms with Crippen molar-refractivity contribution in [1.29, 1.82) is 0 Å². The molecule has 0 saturated carbocycles. The Labute approximate surface area is 153 Å². The van der Waals surface area contributed by atoms with Crippen molar-refractivity contribution in [2.24, 2.45) is 5.73 Å². The molecule has 0 aliphatic heterocycles. The predicted octanol–water partition coefficient (Wildman–Crippen LogP) is 3.28. The molecule has 0 bridgehead atoms. The number of thiophene rings is 1. The van der Waals surface area contributed by atoms with E-state index in [1.807, 2.05) is 24.3 Å². The lowest BCUT2D eigenvalue weighted by Crippen LogP contribution is -2.31. The van der Waals surface area contributed by atoms with Crippen molar-refractivity contribution in [2.75, 3.05) is 13.7 Å². The third-order valence-corrected chi connectivity index (χ3v) is 6.45. The van der Waals surface area contributed by atoms with Crippen LogP contribution in [0.2, 0.25) is 0 Å². The topological polar surface area (TPSA) is 81.4 Å². The molecule has 2 aromatic rings. The first-order valence-electron chi connectivity index (χ1n) is 7.31. The van der Waals surface area contributed by atoms with Gasteiger partial charge in [0.05, 0.1) is 7.11 Å². The molecule has 5 nitrogen and oxygen atoms in total. The largest absolute Gasteiger partial charge is 0.494 e. The summed E-state index contributed by atoms with van der Waals surface area (Å²) in [5.41, 5.74) is 8.22. The molecule has 1 heterocycles. The fourth-order valence-electron chi connectivity index (χ4n) is 2.14. The Balaban J connectivity index is 0.00000288. The summed E-state index contributed by atoms with van der Waals surface area (Å²) in [6.07, 6.45) is 0. The highest BCUT2D eigenvalue weighted by atomic mass is 35.5. The van der Waals surface area contributed by atoms with E-state index in [4.69, 9.17) is 10.5 Å². The van der Waals surface area contributed by atoms with E-state index >= 15 is 0 Å². The van der Waals surface area contributed by atoms with Gasteiger partial charge in [0.1, 0.15) is 5.75 Å². The Kier molecular flexibility index (Phi) is 7.69. The van der Waals surface area contributed by atoms with E-state index in [1.165, 1.54) is 12.7 Å². The molecule has 1 atom stereocenters. The van der Waals surface area contributed by atoms with E-state index in [9.17, 15) is 8.42 Å². The van der Waals surface area contributed by atoms with Crippen LogP contribution in [0.1, 0.15) is 36.9 Å². The van der Waals surface area contributed by atoms with Crippen LogP contribution in [0.4, 0.5) is 0 Å². The maximum absolute atomic E-state index is 12.3. The Morgan fingerprint density at radius 3 is 2.29 bits per heavy atom. The van der Waals surface area contributed by atoms with Gasteiger partial charge in [0.2, 0.25) is 0 Å². The van der Waals surface area contributed by atoms with E-state index in [-0.39, 0.29) is 23.2 Å². The van der Waals surface area contributed by atoms with E-state index < -0.39 is 16.1 Å². The van der Waals surface area contributed by atoms with Crippen LogP contribution in [0.25, 0.3) is 0 Å². The van der Waals surface area contributed by atoms with Gasteiger partial charge in [0, 0.05) is 12.6 Å². The molecule has 0 aliphatic rings. The number of hydrogen-bond donors (Lipinski definition) is 2. The molecule has 0 aliphatic carbocycles. The maximum Gasteiger partial charge on any atom is 0.253 e. The average molecular weight is 391 g/mol. The molecule has 0 radical (unpaired) electrons. The first-order valence-corrected chi connectivity index (χ1v) is 9.68. The van der Waals surface area contributed by atoms with Crippen LogP contribution in [0, 0.1) is 0 Å². The molecule has 0 spiro atoms. The highest BCUT2D eigenvalue weighted by Crippen LogP contribution is 2.29. The Morgan fingerprint density at radius 1 is 1.17 bits per heavy atom. The van der Waals surface area contributed by atoms with Gasteiger partial charge in [-0.1, -0.05) is 38.1 Å². The number of methoxy groups -OCH3 is 1. The van der Waals surface area contributed by atoms with Crippen molar-refractivity contribution in [3.63, 3.8) is 0 Å². The summed E-state index contributed by atoms with van der Waals surface area (Å²) in [6.45, 7) is 4.37. The lowest BCUT2D eigenvalue weighted by Gasteiger charge is -2.14. The van der Waals surface area contributed by atoms with Gasteiger partial charge in [-0.15, -0.1) is 23.7 Å². The number of hydrogen-bond acceptors (Lipinski definition) is 5. The van der Waals surface area contributed by atoms with Gasteiger partial charge in [0.25, 0.3) is 10.0 Å². The smallest absolute Gasteiger partial charge is 0.253 e. The zero-order valence-corrected chi connectivity index (χ0v) is 16.3. The zero-order chi connectivity index (χ0) is 17.0. The summed E-state index contributed by atoms with van der Waals surface area (Å²) < 4.78 is 32.4. The summed E-state index contributed by atoms with van der Waals surface area (Å²) in [5.74, 6) is 0.794. The van der Waals surface area contributed by atoms with Crippen LogP contribution in [0.5, 0.6) is 5.75 Å². The van der Waals surface area contributed by atoms with Gasteiger partial charge >= 0.3 is 0 Å². The van der Waals surface area contributed by atoms with Crippen molar-refractivity contribution in [3.8, 4) is 5.75 Å². The molecule has 0 fully saturated rings. The van der Waals surface area contributed by atoms with Gasteiger partial charge < -0.3 is 10.5 Å². The number of nitrogens with two attached hydrogens (primary N) is 1. The van der Waals surface area contributed by atoms with E-state index in [1.54, 1.807) is 11.4 Å². The molecule has 3 N–H and O–H groups in total. The average Bonchev–Trinajstić information content (AvgIpc) is 3.02. The standard InChI is InChI=1S/C16H22N2O3S2.ClH/c1-11(2)12-4-6-13(7-5-12)14(17)10-18-23(19,20)16-15(21-3)8-9-22-16;/h4-9,11,14,18H,10,17H2,1-3H3;1H. The van der Waals surface area contributed by atoms with Gasteiger partial charge in [-0.2, -0.15) is 0 Å². The van der Waals surface area contributed by atoms with Gasteiger partial charge in [0.15, 0.2) is 4.21 Å². The molecule has 1 aromatic heterocycles. The SMILES string of the molecule is COc1ccsc1S(=O)(=O)NCC(N)c1ccc(C(C)C)cc1.Cl. The van der Waals surface area contributed by atoms with Crippen molar-refractivity contribution in [1.82, 2.24) is 4.72 Å². The highest BCUT2D eigenvalue weighted by Gasteiger charge is 2.22. The van der Waals surface area contributed by atoms with Crippen molar-refractivity contribution >= 4 is 33.8 Å². The Morgan fingerprint density at radius 2 is 1.75 bits per heavy atom. The van der Waals surface area contributed by atoms with Crippen molar-refractivity contribution in [3.05, 3.63) is 46.8 Å². The molecule has 134 valence electrons. The molecule has 8 heteroatoms.